The second-order valence-corrected chi connectivity index (χ2v) is 4.52. The summed E-state index contributed by atoms with van der Waals surface area (Å²) in [5.41, 5.74) is 0.399. The van der Waals surface area contributed by atoms with Crippen LogP contribution in [0.2, 0.25) is 0 Å². The summed E-state index contributed by atoms with van der Waals surface area (Å²) in [4.78, 5) is 22.4. The highest BCUT2D eigenvalue weighted by Gasteiger charge is 2.16. The van der Waals surface area contributed by atoms with Gasteiger partial charge >= 0.3 is 5.97 Å². The smallest absolute Gasteiger partial charge is 0.303 e. The average Bonchev–Trinajstić information content (AvgIpc) is 2.37. The Morgan fingerprint density at radius 3 is 2.68 bits per heavy atom. The van der Waals surface area contributed by atoms with Gasteiger partial charge in [-0.3, -0.25) is 9.59 Å². The average molecular weight is 267 g/mol. The maximum Gasteiger partial charge on any atom is 0.303 e. The van der Waals surface area contributed by atoms with Crippen molar-refractivity contribution >= 4 is 11.9 Å². The second-order valence-electron chi connectivity index (χ2n) is 4.52. The molecule has 1 atom stereocenters. The summed E-state index contributed by atoms with van der Waals surface area (Å²) in [6, 6.07) is 4.61. The van der Waals surface area contributed by atoms with Crippen LogP contribution in [0.5, 0.6) is 0 Å². The van der Waals surface area contributed by atoms with E-state index in [0.29, 0.717) is 12.0 Å². The number of hydrogen-bond acceptors (Lipinski definition) is 2. The van der Waals surface area contributed by atoms with E-state index in [4.69, 9.17) is 5.11 Å². The van der Waals surface area contributed by atoms with Crippen molar-refractivity contribution in [3.05, 3.63) is 35.1 Å². The lowest BCUT2D eigenvalue weighted by molar-refractivity contribution is -0.138. The lowest BCUT2D eigenvalue weighted by Gasteiger charge is -2.14. The molecule has 1 aromatic carbocycles. The third-order valence-electron chi connectivity index (χ3n) is 3.03. The van der Waals surface area contributed by atoms with Crippen LogP contribution in [0.3, 0.4) is 0 Å². The van der Waals surface area contributed by atoms with Crippen LogP contribution in [0, 0.1) is 18.7 Å². The fourth-order valence-corrected chi connectivity index (χ4v) is 1.76. The monoisotopic (exact) mass is 267 g/mol. The summed E-state index contributed by atoms with van der Waals surface area (Å²) in [5, 5.41) is 11.3. The normalized spacial score (nSPS) is 11.9. The van der Waals surface area contributed by atoms with Crippen molar-refractivity contribution in [1.29, 1.82) is 0 Å². The van der Waals surface area contributed by atoms with Crippen molar-refractivity contribution in [2.24, 2.45) is 5.92 Å². The molecule has 0 bridgehead atoms. The van der Waals surface area contributed by atoms with Gasteiger partial charge in [-0.2, -0.15) is 0 Å². The van der Waals surface area contributed by atoms with E-state index in [9.17, 15) is 14.0 Å². The van der Waals surface area contributed by atoms with Crippen molar-refractivity contribution in [1.82, 2.24) is 5.32 Å². The van der Waals surface area contributed by atoms with Crippen LogP contribution < -0.4 is 5.32 Å². The summed E-state index contributed by atoms with van der Waals surface area (Å²) in [5.74, 6) is -2.09. The van der Waals surface area contributed by atoms with Crippen LogP contribution in [0.4, 0.5) is 4.39 Å². The molecule has 1 aromatic rings. The Bertz CT molecular complexity index is 474. The number of aryl methyl sites for hydroxylation is 1. The lowest BCUT2D eigenvalue weighted by Crippen LogP contribution is -2.30. The number of carbonyl (C=O) groups is 2. The van der Waals surface area contributed by atoms with E-state index in [2.05, 4.69) is 5.32 Å². The molecule has 0 aliphatic rings. The van der Waals surface area contributed by atoms with Gasteiger partial charge in [0.25, 0.3) is 5.91 Å². The Kier molecular flexibility index (Phi) is 5.48. The second kappa shape index (κ2) is 6.87. The van der Waals surface area contributed by atoms with Crippen molar-refractivity contribution in [3.63, 3.8) is 0 Å². The minimum absolute atomic E-state index is 0.00687. The van der Waals surface area contributed by atoms with E-state index in [1.807, 2.05) is 6.92 Å². The van der Waals surface area contributed by atoms with Gasteiger partial charge in [0.15, 0.2) is 0 Å². The third-order valence-corrected chi connectivity index (χ3v) is 3.03. The number of nitrogens with one attached hydrogen (secondary N) is 1. The zero-order valence-corrected chi connectivity index (χ0v) is 11.1. The molecule has 5 heteroatoms. The van der Waals surface area contributed by atoms with Crippen LogP contribution in [0.15, 0.2) is 18.2 Å². The van der Waals surface area contributed by atoms with E-state index in [1.54, 1.807) is 19.1 Å². The quantitative estimate of drug-likeness (QED) is 0.831. The largest absolute Gasteiger partial charge is 0.481 e. The highest BCUT2D eigenvalue weighted by atomic mass is 19.1. The van der Waals surface area contributed by atoms with Gasteiger partial charge in [-0.15, -0.1) is 0 Å². The summed E-state index contributed by atoms with van der Waals surface area (Å²) >= 11 is 0. The minimum atomic E-state index is -0.900. The number of rotatable bonds is 6. The lowest BCUT2D eigenvalue weighted by atomic mass is 10.0. The van der Waals surface area contributed by atoms with E-state index >= 15 is 0 Å². The highest BCUT2D eigenvalue weighted by molar-refractivity contribution is 5.94. The number of halogens is 1. The standard InChI is InChI=1S/C14H18FNO3/c1-3-10(7-12(17)18)8-16-14(19)11-6-4-5-9(2)13(11)15/h4-6,10H,3,7-8H2,1-2H3,(H,16,19)(H,17,18). The van der Waals surface area contributed by atoms with Crippen molar-refractivity contribution < 1.29 is 19.1 Å². The zero-order chi connectivity index (χ0) is 14.4. The summed E-state index contributed by atoms with van der Waals surface area (Å²) < 4.78 is 13.7. The van der Waals surface area contributed by atoms with Crippen LogP contribution in [0.1, 0.15) is 35.7 Å². The van der Waals surface area contributed by atoms with Gasteiger partial charge in [-0.1, -0.05) is 25.5 Å². The first-order chi connectivity index (χ1) is 8.95. The summed E-state index contributed by atoms with van der Waals surface area (Å²) in [6.45, 7) is 3.67. The molecule has 0 aromatic heterocycles. The number of carboxylic acids is 1. The van der Waals surface area contributed by atoms with Gasteiger partial charge in [0.2, 0.25) is 0 Å². The van der Waals surface area contributed by atoms with E-state index in [-0.39, 0.29) is 24.4 Å². The summed E-state index contributed by atoms with van der Waals surface area (Å²) in [7, 11) is 0. The third kappa shape index (κ3) is 4.35. The van der Waals surface area contributed by atoms with Gasteiger partial charge in [0.05, 0.1) is 5.56 Å². The first-order valence-corrected chi connectivity index (χ1v) is 6.20. The number of hydrogen-bond donors (Lipinski definition) is 2. The number of carboxylic acid groups (broad SMARTS) is 1. The number of benzene rings is 1. The first-order valence-electron chi connectivity index (χ1n) is 6.20. The van der Waals surface area contributed by atoms with Gasteiger partial charge in [-0.05, 0) is 24.5 Å². The molecule has 1 amide bonds. The van der Waals surface area contributed by atoms with Crippen LogP contribution in [-0.4, -0.2) is 23.5 Å². The SMILES string of the molecule is CCC(CNC(=O)c1cccc(C)c1F)CC(=O)O. The Morgan fingerprint density at radius 1 is 1.42 bits per heavy atom. The molecule has 0 aliphatic carbocycles. The molecule has 1 unspecified atom stereocenters. The van der Waals surface area contributed by atoms with Crippen LogP contribution in [0.25, 0.3) is 0 Å². The molecule has 0 saturated heterocycles. The molecule has 0 aliphatic heterocycles. The Balaban J connectivity index is 2.64. The predicted octanol–water partition coefficient (Wildman–Crippen LogP) is 2.36. The number of amides is 1. The van der Waals surface area contributed by atoms with Gasteiger partial charge in [0, 0.05) is 13.0 Å². The fourth-order valence-electron chi connectivity index (χ4n) is 1.76. The molecule has 0 spiro atoms. The maximum absolute atomic E-state index is 13.7. The fraction of sp³-hybridized carbons (Fsp3) is 0.429. The molecule has 0 saturated carbocycles. The Morgan fingerprint density at radius 2 is 2.11 bits per heavy atom. The molecule has 4 nitrogen and oxygen atoms in total. The Hall–Kier alpha value is -1.91. The molecule has 104 valence electrons. The Labute approximate surface area is 111 Å². The van der Waals surface area contributed by atoms with Gasteiger partial charge in [0.1, 0.15) is 5.82 Å². The molecule has 0 radical (unpaired) electrons. The molecule has 2 N–H and O–H groups in total. The molecule has 0 heterocycles. The topological polar surface area (TPSA) is 66.4 Å². The molecular formula is C14H18FNO3. The van der Waals surface area contributed by atoms with Gasteiger partial charge in [-0.25, -0.2) is 4.39 Å². The van der Waals surface area contributed by atoms with E-state index in [1.165, 1.54) is 6.07 Å². The molecular weight excluding hydrogens is 249 g/mol. The maximum atomic E-state index is 13.7. The van der Waals surface area contributed by atoms with Gasteiger partial charge < -0.3 is 10.4 Å². The van der Waals surface area contributed by atoms with Crippen molar-refractivity contribution in [3.8, 4) is 0 Å². The van der Waals surface area contributed by atoms with Crippen molar-refractivity contribution in [2.75, 3.05) is 6.54 Å². The summed E-state index contributed by atoms with van der Waals surface area (Å²) in [6.07, 6.45) is 0.635. The highest BCUT2D eigenvalue weighted by Crippen LogP contribution is 2.12. The molecule has 0 fully saturated rings. The minimum Gasteiger partial charge on any atom is -0.481 e. The van der Waals surface area contributed by atoms with E-state index < -0.39 is 17.7 Å². The molecule has 1 rings (SSSR count). The van der Waals surface area contributed by atoms with Crippen LogP contribution in [-0.2, 0) is 4.79 Å². The van der Waals surface area contributed by atoms with Crippen molar-refractivity contribution in [2.45, 2.75) is 26.7 Å². The van der Waals surface area contributed by atoms with Crippen LogP contribution >= 0.6 is 0 Å². The number of aliphatic carboxylic acids is 1. The first kappa shape index (κ1) is 15.1. The predicted molar refractivity (Wildman–Crippen MR) is 69.5 cm³/mol. The molecule has 19 heavy (non-hydrogen) atoms. The number of carbonyl (C=O) groups excluding carboxylic acids is 1. The van der Waals surface area contributed by atoms with E-state index in [0.717, 1.165) is 0 Å². The zero-order valence-electron chi connectivity index (χ0n) is 11.1.